The van der Waals surface area contributed by atoms with Gasteiger partial charge in [-0.15, -0.1) is 4.40 Å². The maximum atomic E-state index is 13.7. The lowest BCUT2D eigenvalue weighted by Gasteiger charge is -2.38. The first-order valence-electron chi connectivity index (χ1n) is 11.1. The number of benzene rings is 2. The number of fused-ring (bicyclic) bond motifs is 1. The number of nitrogens with zero attached hydrogens (tertiary/aromatic N) is 3. The van der Waals surface area contributed by atoms with E-state index in [1.54, 1.807) is 18.2 Å². The van der Waals surface area contributed by atoms with Crippen molar-refractivity contribution in [2.45, 2.75) is 49.6 Å². The number of halogens is 1. The van der Waals surface area contributed by atoms with E-state index in [1.165, 1.54) is 0 Å². The fourth-order valence-electron chi connectivity index (χ4n) is 4.84. The zero-order valence-electron chi connectivity index (χ0n) is 17.9. The van der Waals surface area contributed by atoms with Crippen molar-refractivity contribution in [3.05, 3.63) is 64.7 Å². The maximum Gasteiger partial charge on any atom is 0.285 e. The molecule has 2 unspecified atom stereocenters. The molecule has 2 aromatic carbocycles. The predicted octanol–water partition coefficient (Wildman–Crippen LogP) is 4.25. The number of amidine groups is 1. The quantitative estimate of drug-likeness (QED) is 0.668. The number of rotatable bonds is 4. The maximum absolute atomic E-state index is 13.7. The van der Waals surface area contributed by atoms with E-state index >= 15 is 0 Å². The van der Waals surface area contributed by atoms with Gasteiger partial charge in [0.25, 0.3) is 10.0 Å². The highest BCUT2D eigenvalue weighted by Gasteiger charge is 2.41. The second-order valence-electron chi connectivity index (χ2n) is 8.88. The second kappa shape index (κ2) is 8.19. The monoisotopic (exact) mass is 471 g/mol. The van der Waals surface area contributed by atoms with Gasteiger partial charge in [-0.05, 0) is 62.4 Å². The molecule has 32 heavy (non-hydrogen) atoms. The summed E-state index contributed by atoms with van der Waals surface area (Å²) >= 11 is 6.05. The number of sulfonamides is 1. The average molecular weight is 472 g/mol. The van der Waals surface area contributed by atoms with E-state index in [1.807, 2.05) is 40.1 Å². The smallest absolute Gasteiger partial charge is 0.285 e. The molecule has 5 rings (SSSR count). The van der Waals surface area contributed by atoms with Crippen molar-refractivity contribution >= 4 is 33.4 Å². The highest BCUT2D eigenvalue weighted by molar-refractivity contribution is 7.90. The number of piperidine rings is 1. The third-order valence-electron chi connectivity index (χ3n) is 6.65. The largest absolute Gasteiger partial charge is 0.355 e. The molecule has 8 heteroatoms. The Kier molecular flexibility index (Phi) is 5.50. The number of carbonyl (C=O) groups excluding carboxylic acids is 1. The van der Waals surface area contributed by atoms with Crippen molar-refractivity contribution in [2.24, 2.45) is 10.3 Å². The summed E-state index contributed by atoms with van der Waals surface area (Å²) in [6, 6.07) is 14.9. The Morgan fingerprint density at radius 1 is 1.12 bits per heavy atom. The van der Waals surface area contributed by atoms with Crippen LogP contribution in [-0.2, 0) is 14.8 Å². The van der Waals surface area contributed by atoms with E-state index in [0.29, 0.717) is 29.5 Å². The Balaban J connectivity index is 1.38. The zero-order valence-corrected chi connectivity index (χ0v) is 19.5. The number of likely N-dealkylation sites (tertiary alicyclic amines) is 1. The number of hydrogen-bond donors (Lipinski definition) is 0. The molecule has 1 saturated heterocycles. The van der Waals surface area contributed by atoms with E-state index in [2.05, 4.69) is 11.3 Å². The van der Waals surface area contributed by atoms with E-state index in [-0.39, 0.29) is 28.8 Å². The number of amides is 1. The van der Waals surface area contributed by atoms with Crippen LogP contribution in [0.1, 0.15) is 49.8 Å². The van der Waals surface area contributed by atoms with Gasteiger partial charge in [-0.1, -0.05) is 35.9 Å². The first-order chi connectivity index (χ1) is 15.3. The zero-order chi connectivity index (χ0) is 22.5. The molecular formula is C24H26ClN3O3S. The molecule has 6 nitrogen and oxygen atoms in total. The molecule has 168 valence electrons. The van der Waals surface area contributed by atoms with Crippen molar-refractivity contribution in [2.75, 3.05) is 13.1 Å². The second-order valence-corrected chi connectivity index (χ2v) is 10.9. The first-order valence-corrected chi connectivity index (χ1v) is 12.9. The third-order valence-corrected chi connectivity index (χ3v) is 8.22. The molecule has 2 fully saturated rings. The van der Waals surface area contributed by atoms with Gasteiger partial charge < -0.3 is 9.80 Å². The Morgan fingerprint density at radius 2 is 1.84 bits per heavy atom. The van der Waals surface area contributed by atoms with Crippen molar-refractivity contribution in [1.29, 1.82) is 0 Å². The average Bonchev–Trinajstić information content (AvgIpc) is 3.59. The van der Waals surface area contributed by atoms with E-state index in [4.69, 9.17) is 11.6 Å². The Morgan fingerprint density at radius 3 is 2.56 bits per heavy atom. The van der Waals surface area contributed by atoms with Gasteiger partial charge in [0.1, 0.15) is 4.90 Å². The van der Waals surface area contributed by atoms with Gasteiger partial charge in [-0.25, -0.2) is 0 Å². The van der Waals surface area contributed by atoms with Crippen LogP contribution < -0.4 is 0 Å². The Hall–Kier alpha value is -2.38. The molecule has 1 saturated carbocycles. The highest BCUT2D eigenvalue weighted by atomic mass is 35.5. The van der Waals surface area contributed by atoms with Crippen LogP contribution in [0.5, 0.6) is 0 Å². The molecule has 0 spiro atoms. The van der Waals surface area contributed by atoms with Crippen LogP contribution in [0.2, 0.25) is 5.02 Å². The highest BCUT2D eigenvalue weighted by Crippen LogP contribution is 2.37. The van der Waals surface area contributed by atoms with E-state index < -0.39 is 10.0 Å². The Labute approximate surface area is 193 Å². The molecular weight excluding hydrogens is 446 g/mol. The SMILES string of the molecule is CC(c1ccc(Cl)cc1)N(C(=O)C1CCCN(C2=NS(=O)(=O)c3ccccc32)C1)C1CC1. The Bertz CT molecular complexity index is 1180. The summed E-state index contributed by atoms with van der Waals surface area (Å²) in [5.41, 5.74) is 1.71. The van der Waals surface area contributed by atoms with Crippen molar-refractivity contribution in [3.8, 4) is 0 Å². The molecule has 2 aliphatic heterocycles. The van der Waals surface area contributed by atoms with Crippen LogP contribution in [-0.4, -0.2) is 49.1 Å². The van der Waals surface area contributed by atoms with Crippen LogP contribution in [0, 0.1) is 5.92 Å². The van der Waals surface area contributed by atoms with Gasteiger partial charge >= 0.3 is 0 Å². The van der Waals surface area contributed by atoms with Crippen LogP contribution in [0.15, 0.2) is 57.8 Å². The summed E-state index contributed by atoms with van der Waals surface area (Å²) in [7, 11) is -3.67. The molecule has 2 atom stereocenters. The summed E-state index contributed by atoms with van der Waals surface area (Å²) < 4.78 is 29.1. The lowest BCUT2D eigenvalue weighted by molar-refractivity contribution is -0.139. The van der Waals surface area contributed by atoms with Gasteiger partial charge in [0, 0.05) is 29.7 Å². The molecule has 0 N–H and O–H groups in total. The lowest BCUT2D eigenvalue weighted by atomic mass is 9.94. The lowest BCUT2D eigenvalue weighted by Crippen LogP contribution is -2.48. The molecule has 0 radical (unpaired) electrons. The van der Waals surface area contributed by atoms with Crippen LogP contribution in [0.25, 0.3) is 0 Å². The van der Waals surface area contributed by atoms with Gasteiger partial charge in [0.2, 0.25) is 5.91 Å². The summed E-state index contributed by atoms with van der Waals surface area (Å²) in [6.07, 6.45) is 3.68. The first kappa shape index (κ1) is 21.5. The van der Waals surface area contributed by atoms with Gasteiger partial charge in [-0.3, -0.25) is 4.79 Å². The van der Waals surface area contributed by atoms with Crippen molar-refractivity contribution in [1.82, 2.24) is 9.80 Å². The molecule has 1 amide bonds. The molecule has 0 aromatic heterocycles. The minimum absolute atomic E-state index is 0.0347. The van der Waals surface area contributed by atoms with Gasteiger partial charge in [0.05, 0.1) is 12.0 Å². The van der Waals surface area contributed by atoms with Crippen LogP contribution >= 0.6 is 11.6 Å². The summed E-state index contributed by atoms with van der Waals surface area (Å²) in [5, 5.41) is 0.681. The minimum Gasteiger partial charge on any atom is -0.355 e. The molecule has 0 bridgehead atoms. The van der Waals surface area contributed by atoms with Crippen LogP contribution in [0.3, 0.4) is 0 Å². The van der Waals surface area contributed by atoms with Crippen LogP contribution in [0.4, 0.5) is 0 Å². The minimum atomic E-state index is -3.67. The fraction of sp³-hybridized carbons (Fsp3) is 0.417. The van der Waals surface area contributed by atoms with Gasteiger partial charge in [-0.2, -0.15) is 8.42 Å². The van der Waals surface area contributed by atoms with Crippen molar-refractivity contribution in [3.63, 3.8) is 0 Å². The number of carbonyl (C=O) groups is 1. The van der Waals surface area contributed by atoms with Gasteiger partial charge in [0.15, 0.2) is 5.84 Å². The standard InChI is InChI=1S/C24H26ClN3O3S/c1-16(17-8-10-19(25)11-9-17)28(20-12-13-20)24(29)18-5-4-14-27(15-18)23-21-6-2-3-7-22(21)32(30,31)26-23/h2-3,6-11,16,18,20H,4-5,12-15H2,1H3. The van der Waals surface area contributed by atoms with Crippen molar-refractivity contribution < 1.29 is 13.2 Å². The summed E-state index contributed by atoms with van der Waals surface area (Å²) in [4.78, 5) is 18.0. The fourth-order valence-corrected chi connectivity index (χ4v) is 6.19. The normalized spacial score (nSPS) is 22.8. The molecule has 3 aliphatic rings. The summed E-state index contributed by atoms with van der Waals surface area (Å²) in [5.74, 6) is 0.438. The predicted molar refractivity (Wildman–Crippen MR) is 124 cm³/mol. The number of hydrogen-bond acceptors (Lipinski definition) is 4. The summed E-state index contributed by atoms with van der Waals surface area (Å²) in [6.45, 7) is 3.25. The molecule has 2 heterocycles. The third kappa shape index (κ3) is 3.92. The van der Waals surface area contributed by atoms with E-state index in [0.717, 1.165) is 31.2 Å². The van der Waals surface area contributed by atoms with E-state index in [9.17, 15) is 13.2 Å². The molecule has 1 aliphatic carbocycles. The molecule has 2 aromatic rings. The topological polar surface area (TPSA) is 70.1 Å².